The van der Waals surface area contributed by atoms with E-state index in [-0.39, 0.29) is 27.8 Å². The molecule has 0 aliphatic heterocycles. The predicted molar refractivity (Wildman–Crippen MR) is 113 cm³/mol. The molecular weight excluding hydrogens is 423 g/mol. The van der Waals surface area contributed by atoms with Crippen molar-refractivity contribution in [3.05, 3.63) is 94.4 Å². The average Bonchev–Trinajstić information content (AvgIpc) is 2.75. The molecule has 0 radical (unpaired) electrons. The first-order valence-electron chi connectivity index (χ1n) is 9.08. The molecule has 0 bridgehead atoms. The lowest BCUT2D eigenvalue weighted by molar-refractivity contribution is -0.384. The van der Waals surface area contributed by atoms with E-state index in [9.17, 15) is 22.9 Å². The minimum absolute atomic E-state index is 0.0927. The van der Waals surface area contributed by atoms with E-state index >= 15 is 0 Å². The van der Waals surface area contributed by atoms with Gasteiger partial charge in [-0.3, -0.25) is 10.1 Å². The number of sulfone groups is 1. The highest BCUT2D eigenvalue weighted by atomic mass is 32.2. The lowest BCUT2D eigenvalue weighted by atomic mass is 10.2. The molecule has 4 rings (SSSR count). The van der Waals surface area contributed by atoms with Crippen molar-refractivity contribution in [2.45, 2.75) is 10.6 Å². The summed E-state index contributed by atoms with van der Waals surface area (Å²) in [5.74, 6) is -0.949. The first-order chi connectivity index (χ1) is 14.8. The van der Waals surface area contributed by atoms with Crippen molar-refractivity contribution in [1.29, 1.82) is 0 Å². The average molecular weight is 438 g/mol. The highest BCUT2D eigenvalue weighted by Crippen LogP contribution is 2.26. The van der Waals surface area contributed by atoms with Crippen LogP contribution >= 0.6 is 0 Å². The van der Waals surface area contributed by atoms with Gasteiger partial charge in [0.25, 0.3) is 5.69 Å². The number of nitro groups is 1. The van der Waals surface area contributed by atoms with E-state index in [1.54, 1.807) is 30.3 Å². The van der Waals surface area contributed by atoms with E-state index in [4.69, 9.17) is 0 Å². The van der Waals surface area contributed by atoms with Gasteiger partial charge in [-0.2, -0.15) is 0 Å². The second-order valence-corrected chi connectivity index (χ2v) is 8.61. The van der Waals surface area contributed by atoms with Crippen molar-refractivity contribution in [3.8, 4) is 0 Å². The summed E-state index contributed by atoms with van der Waals surface area (Å²) < 4.78 is 40.0. The number of non-ortho nitro benzene ring substituents is 1. The zero-order valence-corrected chi connectivity index (χ0v) is 16.7. The van der Waals surface area contributed by atoms with E-state index in [2.05, 4.69) is 15.3 Å². The molecule has 0 amide bonds. The van der Waals surface area contributed by atoms with Gasteiger partial charge < -0.3 is 5.32 Å². The Bertz CT molecular complexity index is 1390. The van der Waals surface area contributed by atoms with Crippen LogP contribution in [-0.4, -0.2) is 23.3 Å². The Labute approximate surface area is 176 Å². The largest absolute Gasteiger partial charge is 0.336 e. The molecule has 0 fully saturated rings. The van der Waals surface area contributed by atoms with Gasteiger partial charge in [-0.05, 0) is 36.4 Å². The summed E-state index contributed by atoms with van der Waals surface area (Å²) >= 11 is 0. The molecule has 0 saturated heterocycles. The monoisotopic (exact) mass is 438 g/mol. The van der Waals surface area contributed by atoms with Crippen LogP contribution in [0.15, 0.2) is 77.7 Å². The van der Waals surface area contributed by atoms with Crippen LogP contribution in [0.3, 0.4) is 0 Å². The summed E-state index contributed by atoms with van der Waals surface area (Å²) in [4.78, 5) is 19.0. The van der Waals surface area contributed by atoms with Gasteiger partial charge in [0.05, 0.1) is 32.2 Å². The number of benzene rings is 3. The van der Waals surface area contributed by atoms with Crippen molar-refractivity contribution in [1.82, 2.24) is 9.97 Å². The summed E-state index contributed by atoms with van der Waals surface area (Å²) in [5.41, 5.74) is 1.00. The highest BCUT2D eigenvalue weighted by Gasteiger charge is 2.22. The van der Waals surface area contributed by atoms with Gasteiger partial charge in [0.15, 0.2) is 15.7 Å². The Morgan fingerprint density at radius 1 is 0.903 bits per heavy atom. The van der Waals surface area contributed by atoms with Gasteiger partial charge in [0.2, 0.25) is 0 Å². The van der Waals surface area contributed by atoms with Crippen LogP contribution in [0, 0.1) is 15.9 Å². The van der Waals surface area contributed by atoms with Crippen molar-refractivity contribution >= 4 is 38.1 Å². The Hall–Kier alpha value is -3.92. The summed E-state index contributed by atoms with van der Waals surface area (Å²) in [5, 5.41) is 13.7. The molecule has 3 aromatic carbocycles. The Morgan fingerprint density at radius 2 is 1.52 bits per heavy atom. The summed E-state index contributed by atoms with van der Waals surface area (Å²) in [7, 11) is -3.91. The topological polar surface area (TPSA) is 115 Å². The fourth-order valence-corrected chi connectivity index (χ4v) is 4.24. The summed E-state index contributed by atoms with van der Waals surface area (Å²) in [6.07, 6.45) is 0. The van der Waals surface area contributed by atoms with Crippen LogP contribution in [0.5, 0.6) is 0 Å². The second kappa shape index (κ2) is 8.07. The number of halogens is 1. The zero-order valence-electron chi connectivity index (χ0n) is 15.9. The number of nitrogens with zero attached hydrogens (tertiary/aromatic N) is 3. The Morgan fingerprint density at radius 3 is 2.16 bits per heavy atom. The molecule has 0 aliphatic rings. The minimum atomic E-state index is -3.91. The van der Waals surface area contributed by atoms with Crippen molar-refractivity contribution in [2.75, 3.05) is 5.32 Å². The van der Waals surface area contributed by atoms with Crippen LogP contribution in [-0.2, 0) is 15.6 Å². The first kappa shape index (κ1) is 20.4. The number of hydrogen-bond donors (Lipinski definition) is 1. The van der Waals surface area contributed by atoms with Gasteiger partial charge >= 0.3 is 0 Å². The Kier molecular flexibility index (Phi) is 5.30. The zero-order chi connectivity index (χ0) is 22.0. The molecule has 1 aromatic heterocycles. The molecule has 0 spiro atoms. The number of aromatic nitrogens is 2. The molecule has 0 unspecified atom stereocenters. The summed E-state index contributed by atoms with van der Waals surface area (Å²) in [6.45, 7) is 0. The standard InChI is InChI=1S/C21H15FN4O4S/c22-16-5-1-2-6-17(16)24-21-20(23-18-7-3-4-8-19(18)25-21)13-31(29,30)15-11-9-14(10-12-15)26(27)28/h1-12H,13H2,(H,24,25). The van der Waals surface area contributed by atoms with E-state index in [0.29, 0.717) is 11.0 Å². The normalized spacial score (nSPS) is 11.4. The van der Waals surface area contributed by atoms with Crippen LogP contribution in [0.2, 0.25) is 0 Å². The first-order valence-corrected chi connectivity index (χ1v) is 10.7. The quantitative estimate of drug-likeness (QED) is 0.350. The molecule has 0 aliphatic carbocycles. The lowest BCUT2D eigenvalue weighted by Crippen LogP contribution is -2.11. The molecule has 0 saturated carbocycles. The molecule has 1 heterocycles. The van der Waals surface area contributed by atoms with Crippen LogP contribution in [0.25, 0.3) is 11.0 Å². The molecular formula is C21H15FN4O4S. The van der Waals surface area contributed by atoms with Gasteiger partial charge in [-0.15, -0.1) is 0 Å². The maximum Gasteiger partial charge on any atom is 0.269 e. The number of hydrogen-bond acceptors (Lipinski definition) is 7. The number of rotatable bonds is 6. The highest BCUT2D eigenvalue weighted by molar-refractivity contribution is 7.90. The van der Waals surface area contributed by atoms with Gasteiger partial charge in [0.1, 0.15) is 11.6 Å². The fraction of sp³-hybridized carbons (Fsp3) is 0.0476. The van der Waals surface area contributed by atoms with E-state index in [1.807, 2.05) is 0 Å². The Balaban J connectivity index is 1.76. The molecule has 8 nitrogen and oxygen atoms in total. The third kappa shape index (κ3) is 4.33. The molecule has 156 valence electrons. The van der Waals surface area contributed by atoms with E-state index in [1.165, 1.54) is 30.3 Å². The molecule has 31 heavy (non-hydrogen) atoms. The maximum atomic E-state index is 14.1. The predicted octanol–water partition coefficient (Wildman–Crippen LogP) is 4.39. The number of fused-ring (bicyclic) bond motifs is 1. The number of nitrogens with one attached hydrogen (secondary N) is 1. The van der Waals surface area contributed by atoms with Crippen LogP contribution < -0.4 is 5.32 Å². The minimum Gasteiger partial charge on any atom is -0.336 e. The number of para-hydroxylation sites is 3. The third-order valence-electron chi connectivity index (χ3n) is 4.50. The smallest absolute Gasteiger partial charge is 0.269 e. The fourth-order valence-electron chi connectivity index (χ4n) is 2.97. The molecule has 4 aromatic rings. The van der Waals surface area contributed by atoms with Gasteiger partial charge in [0, 0.05) is 12.1 Å². The van der Waals surface area contributed by atoms with Crippen LogP contribution in [0.4, 0.5) is 21.6 Å². The van der Waals surface area contributed by atoms with Gasteiger partial charge in [-0.25, -0.2) is 22.8 Å². The van der Waals surface area contributed by atoms with Crippen LogP contribution in [0.1, 0.15) is 5.69 Å². The molecule has 0 atom stereocenters. The van der Waals surface area contributed by atoms with Crippen molar-refractivity contribution in [2.24, 2.45) is 0 Å². The number of anilines is 2. The van der Waals surface area contributed by atoms with Crippen molar-refractivity contribution in [3.63, 3.8) is 0 Å². The molecule has 1 N–H and O–H groups in total. The second-order valence-electron chi connectivity index (χ2n) is 6.62. The van der Waals surface area contributed by atoms with E-state index in [0.717, 1.165) is 12.1 Å². The summed E-state index contributed by atoms with van der Waals surface area (Å²) in [6, 6.07) is 17.4. The van der Waals surface area contributed by atoms with Crippen molar-refractivity contribution < 1.29 is 17.7 Å². The van der Waals surface area contributed by atoms with E-state index < -0.39 is 26.3 Å². The maximum absolute atomic E-state index is 14.1. The molecule has 10 heteroatoms. The third-order valence-corrected chi connectivity index (χ3v) is 6.15. The number of nitro benzene ring substituents is 1. The lowest BCUT2D eigenvalue weighted by Gasteiger charge is -2.13. The van der Waals surface area contributed by atoms with Gasteiger partial charge in [-0.1, -0.05) is 24.3 Å². The SMILES string of the molecule is O=[N+]([O-])c1ccc(S(=O)(=O)Cc2nc3ccccc3nc2Nc2ccccc2F)cc1.